The largest absolute Gasteiger partial charge is 0.497 e. The number of ketones is 1. The number of carbonyl (C=O) groups is 2. The molecule has 0 aliphatic carbocycles. The standard InChI is InChI=1S/C24H18N2O5/c1-30-18-10-7-16(8-11-18)23(27)19(13-15-5-3-2-4-6-15)22(24(28)29)17-9-12-20-21(14-17)26-31-25-20/h2-12,14H,13H2,1H3,(H,28,29)/b22-19+. The van der Waals surface area contributed by atoms with Gasteiger partial charge in [0.2, 0.25) is 0 Å². The maximum absolute atomic E-state index is 13.5. The molecule has 1 heterocycles. The number of aliphatic carboxylic acids is 1. The van der Waals surface area contributed by atoms with Crippen molar-refractivity contribution in [3.8, 4) is 5.75 Å². The van der Waals surface area contributed by atoms with Crippen molar-refractivity contribution in [1.82, 2.24) is 10.3 Å². The number of benzene rings is 3. The van der Waals surface area contributed by atoms with E-state index in [9.17, 15) is 14.7 Å². The van der Waals surface area contributed by atoms with Crippen molar-refractivity contribution < 1.29 is 24.1 Å². The second-order valence-electron chi connectivity index (χ2n) is 6.85. The summed E-state index contributed by atoms with van der Waals surface area (Å²) >= 11 is 0. The molecule has 154 valence electrons. The molecule has 0 bridgehead atoms. The van der Waals surface area contributed by atoms with Crippen LogP contribution in [0.25, 0.3) is 16.6 Å². The van der Waals surface area contributed by atoms with E-state index in [4.69, 9.17) is 9.37 Å². The minimum atomic E-state index is -1.21. The van der Waals surface area contributed by atoms with E-state index in [2.05, 4.69) is 10.3 Å². The van der Waals surface area contributed by atoms with Gasteiger partial charge >= 0.3 is 5.97 Å². The Labute approximate surface area is 177 Å². The summed E-state index contributed by atoms with van der Waals surface area (Å²) in [6, 6.07) is 20.6. The van der Waals surface area contributed by atoms with Crippen LogP contribution < -0.4 is 4.74 Å². The van der Waals surface area contributed by atoms with Crippen LogP contribution in [0.2, 0.25) is 0 Å². The lowest BCUT2D eigenvalue weighted by molar-refractivity contribution is -0.130. The minimum Gasteiger partial charge on any atom is -0.497 e. The van der Waals surface area contributed by atoms with Crippen molar-refractivity contribution >= 4 is 28.4 Å². The van der Waals surface area contributed by atoms with Gasteiger partial charge in [-0.25, -0.2) is 9.42 Å². The molecule has 31 heavy (non-hydrogen) atoms. The Kier molecular flexibility index (Phi) is 5.57. The zero-order chi connectivity index (χ0) is 21.8. The Morgan fingerprint density at radius 2 is 1.58 bits per heavy atom. The molecule has 0 aliphatic heterocycles. The number of Topliss-reactive ketones (excluding diaryl/α,β-unsaturated/α-hetero) is 1. The number of allylic oxidation sites excluding steroid dienone is 1. The quantitative estimate of drug-likeness (QED) is 0.357. The molecule has 0 atom stereocenters. The van der Waals surface area contributed by atoms with Crippen molar-refractivity contribution in [2.75, 3.05) is 7.11 Å². The predicted octanol–water partition coefficient (Wildman–Crippen LogP) is 4.20. The first-order valence-electron chi connectivity index (χ1n) is 9.48. The molecular formula is C24H18N2O5. The highest BCUT2D eigenvalue weighted by molar-refractivity contribution is 6.26. The van der Waals surface area contributed by atoms with Crippen molar-refractivity contribution in [3.05, 3.63) is 95.1 Å². The van der Waals surface area contributed by atoms with Gasteiger partial charge in [-0.05, 0) is 57.8 Å². The third-order valence-electron chi connectivity index (χ3n) is 4.91. The van der Waals surface area contributed by atoms with Crippen LogP contribution in [-0.4, -0.2) is 34.3 Å². The highest BCUT2D eigenvalue weighted by atomic mass is 16.6. The van der Waals surface area contributed by atoms with E-state index in [1.165, 1.54) is 7.11 Å². The summed E-state index contributed by atoms with van der Waals surface area (Å²) in [7, 11) is 1.54. The second-order valence-corrected chi connectivity index (χ2v) is 6.85. The number of carboxylic acid groups (broad SMARTS) is 1. The van der Waals surface area contributed by atoms with Gasteiger partial charge in [-0.2, -0.15) is 0 Å². The van der Waals surface area contributed by atoms with E-state index < -0.39 is 5.97 Å². The molecule has 0 saturated carbocycles. The lowest BCUT2D eigenvalue weighted by Gasteiger charge is -2.13. The van der Waals surface area contributed by atoms with Crippen molar-refractivity contribution in [2.24, 2.45) is 0 Å². The van der Waals surface area contributed by atoms with E-state index in [0.717, 1.165) is 5.56 Å². The number of ether oxygens (including phenoxy) is 1. The van der Waals surface area contributed by atoms with Crippen LogP contribution in [0.5, 0.6) is 5.75 Å². The molecule has 0 saturated heterocycles. The zero-order valence-electron chi connectivity index (χ0n) is 16.6. The lowest BCUT2D eigenvalue weighted by atomic mass is 9.89. The average molecular weight is 414 g/mol. The monoisotopic (exact) mass is 414 g/mol. The third kappa shape index (κ3) is 4.20. The molecule has 0 radical (unpaired) electrons. The van der Waals surface area contributed by atoms with Gasteiger partial charge in [0.1, 0.15) is 16.8 Å². The lowest BCUT2D eigenvalue weighted by Crippen LogP contribution is -2.14. The van der Waals surface area contributed by atoms with Crippen molar-refractivity contribution in [2.45, 2.75) is 6.42 Å². The topological polar surface area (TPSA) is 103 Å². The van der Waals surface area contributed by atoms with Gasteiger partial charge in [0.25, 0.3) is 0 Å². The molecule has 3 aromatic carbocycles. The Hall–Kier alpha value is -4.26. The number of aromatic nitrogens is 2. The molecule has 0 amide bonds. The first-order chi connectivity index (χ1) is 15.1. The summed E-state index contributed by atoms with van der Waals surface area (Å²) in [5.41, 5.74) is 2.53. The van der Waals surface area contributed by atoms with E-state index in [1.807, 2.05) is 30.3 Å². The molecule has 0 unspecified atom stereocenters. The summed E-state index contributed by atoms with van der Waals surface area (Å²) in [6.45, 7) is 0. The molecule has 0 aliphatic rings. The first-order valence-corrected chi connectivity index (χ1v) is 9.48. The number of nitrogens with zero attached hydrogens (tertiary/aromatic N) is 2. The summed E-state index contributed by atoms with van der Waals surface area (Å²) < 4.78 is 9.87. The number of hydrogen-bond acceptors (Lipinski definition) is 6. The molecule has 1 N–H and O–H groups in total. The van der Waals surface area contributed by atoms with Gasteiger partial charge in [-0.1, -0.05) is 36.4 Å². The average Bonchev–Trinajstić information content (AvgIpc) is 3.27. The number of carboxylic acids is 1. The smallest absolute Gasteiger partial charge is 0.336 e. The van der Waals surface area contributed by atoms with Crippen LogP contribution in [0.3, 0.4) is 0 Å². The molecule has 7 heteroatoms. The summed E-state index contributed by atoms with van der Waals surface area (Å²) in [5.74, 6) is -0.974. The second kappa shape index (κ2) is 8.62. The van der Waals surface area contributed by atoms with Gasteiger partial charge in [-0.15, -0.1) is 0 Å². The Bertz CT molecular complexity index is 1270. The number of hydrogen-bond donors (Lipinski definition) is 1. The number of rotatable bonds is 7. The molecule has 4 aromatic rings. The molecule has 1 aromatic heterocycles. The highest BCUT2D eigenvalue weighted by Crippen LogP contribution is 2.28. The van der Waals surface area contributed by atoms with Crippen LogP contribution in [0.1, 0.15) is 21.5 Å². The molecule has 7 nitrogen and oxygen atoms in total. The maximum atomic E-state index is 13.5. The van der Waals surface area contributed by atoms with E-state index in [1.54, 1.807) is 42.5 Å². The van der Waals surface area contributed by atoms with Crippen molar-refractivity contribution in [3.63, 3.8) is 0 Å². The summed E-state index contributed by atoms with van der Waals surface area (Å²) in [5, 5.41) is 17.6. The van der Waals surface area contributed by atoms with E-state index in [-0.39, 0.29) is 23.4 Å². The third-order valence-corrected chi connectivity index (χ3v) is 4.91. The van der Waals surface area contributed by atoms with Gasteiger partial charge in [0, 0.05) is 17.6 Å². The summed E-state index contributed by atoms with van der Waals surface area (Å²) in [6.07, 6.45) is 0.155. The van der Waals surface area contributed by atoms with Gasteiger partial charge in [-0.3, -0.25) is 4.79 Å². The van der Waals surface area contributed by atoms with Gasteiger partial charge < -0.3 is 9.84 Å². The SMILES string of the molecule is COc1ccc(C(=O)/C(Cc2ccccc2)=C(/C(=O)O)c2ccc3nonc3c2)cc1. The van der Waals surface area contributed by atoms with E-state index >= 15 is 0 Å². The fourth-order valence-corrected chi connectivity index (χ4v) is 3.36. The highest BCUT2D eigenvalue weighted by Gasteiger charge is 2.24. The Balaban J connectivity index is 1.89. The van der Waals surface area contributed by atoms with Crippen LogP contribution in [-0.2, 0) is 11.2 Å². The maximum Gasteiger partial charge on any atom is 0.336 e. The first kappa shape index (κ1) is 20.0. The Morgan fingerprint density at radius 3 is 2.26 bits per heavy atom. The number of fused-ring (bicyclic) bond motifs is 1. The minimum absolute atomic E-state index is 0.0884. The molecule has 0 spiro atoms. The van der Waals surface area contributed by atoms with Crippen LogP contribution in [0.4, 0.5) is 0 Å². The molecule has 0 fully saturated rings. The normalized spacial score (nSPS) is 11.8. The Morgan fingerprint density at radius 1 is 0.903 bits per heavy atom. The number of methoxy groups -OCH3 is 1. The number of carbonyl (C=O) groups excluding carboxylic acids is 1. The van der Waals surface area contributed by atoms with Gasteiger partial charge in [0.15, 0.2) is 5.78 Å². The molecule has 4 rings (SSSR count). The predicted molar refractivity (Wildman–Crippen MR) is 114 cm³/mol. The van der Waals surface area contributed by atoms with Crippen LogP contribution in [0, 0.1) is 0 Å². The fourth-order valence-electron chi connectivity index (χ4n) is 3.36. The van der Waals surface area contributed by atoms with Crippen LogP contribution in [0.15, 0.2) is 83.0 Å². The molecular weight excluding hydrogens is 396 g/mol. The summed E-state index contributed by atoms with van der Waals surface area (Å²) in [4.78, 5) is 25.8. The van der Waals surface area contributed by atoms with Crippen molar-refractivity contribution in [1.29, 1.82) is 0 Å². The zero-order valence-corrected chi connectivity index (χ0v) is 16.6. The van der Waals surface area contributed by atoms with E-state index in [0.29, 0.717) is 27.9 Å². The van der Waals surface area contributed by atoms with Gasteiger partial charge in [0.05, 0.1) is 12.7 Å². The fraction of sp³-hybridized carbons (Fsp3) is 0.0833. The van der Waals surface area contributed by atoms with Crippen LogP contribution >= 0.6 is 0 Å².